The van der Waals surface area contributed by atoms with E-state index in [1.54, 1.807) is 0 Å². The van der Waals surface area contributed by atoms with Gasteiger partial charge in [0.15, 0.2) is 0 Å². The molecule has 0 fully saturated rings. The Balaban J connectivity index is 0.00000552. The van der Waals surface area contributed by atoms with Gasteiger partial charge in [0.25, 0.3) is 10.1 Å². The predicted molar refractivity (Wildman–Crippen MR) is 143 cm³/mol. The zero-order chi connectivity index (χ0) is 32.8. The number of benzene rings is 4. The first-order valence-electron chi connectivity index (χ1n) is 11.2. The van der Waals surface area contributed by atoms with Gasteiger partial charge in [-0.2, -0.15) is 18.6 Å². The van der Waals surface area contributed by atoms with Crippen molar-refractivity contribution >= 4 is 79.7 Å². The summed E-state index contributed by atoms with van der Waals surface area (Å²) in [5, 5.41) is 26.5. The van der Waals surface area contributed by atoms with Gasteiger partial charge in [0.1, 0.15) is 40.9 Å². The number of fused-ring (bicyclic) bond motifs is 1. The van der Waals surface area contributed by atoms with Crippen LogP contribution >= 0.6 is 0 Å². The van der Waals surface area contributed by atoms with Crippen LogP contribution in [0.1, 0.15) is 0 Å². The Bertz CT molecular complexity index is 2360. The number of azo groups is 2. The molecule has 48 heavy (non-hydrogen) atoms. The van der Waals surface area contributed by atoms with Crippen molar-refractivity contribution in [3.05, 3.63) is 60.7 Å². The Hall–Kier alpha value is -0.420. The average Bonchev–Trinajstić information content (AvgIpc) is 2.90. The number of nitrogens with zero attached hydrogens (tertiary/aromatic N) is 4. The molecular weight excluding hydrogens is 762 g/mol. The minimum absolute atomic E-state index is 0. The van der Waals surface area contributed by atoms with Crippen molar-refractivity contribution in [1.29, 1.82) is 0 Å². The Kier molecular flexibility index (Phi) is 17.7. The van der Waals surface area contributed by atoms with Gasteiger partial charge in [-0.15, -0.1) is 10.2 Å². The summed E-state index contributed by atoms with van der Waals surface area (Å²) in [5.41, 5.74) is 2.69. The van der Waals surface area contributed by atoms with Gasteiger partial charge < -0.3 is 24.5 Å². The summed E-state index contributed by atoms with van der Waals surface area (Å²) in [6, 6.07) is 8.72. The van der Waals surface area contributed by atoms with E-state index in [4.69, 9.17) is 5.73 Å². The SMILES string of the molecule is Nc1c(N=Nc2cccc(S(=O)(=O)[O-])c2)c(S(=O)(=O)[O-])cc2cc(S(=O)(=O)O)c(N=Nc3ccc(S(=O)(=O)[O-])cc3)c([O-])c12.[Na+].[Na+].[Na+].[Na+]. The molecule has 0 aliphatic carbocycles. The molecule has 0 unspecified atom stereocenters. The summed E-state index contributed by atoms with van der Waals surface area (Å²) in [7, 11) is -20.5. The fourth-order valence-corrected chi connectivity index (χ4v) is 5.97. The normalized spacial score (nSPS) is 12.2. The molecule has 0 aliphatic heterocycles. The maximum atomic E-state index is 13.4. The van der Waals surface area contributed by atoms with Crippen LogP contribution in [0.5, 0.6) is 5.75 Å². The van der Waals surface area contributed by atoms with Gasteiger partial charge in [-0.1, -0.05) is 11.8 Å². The van der Waals surface area contributed by atoms with Crippen molar-refractivity contribution in [2.24, 2.45) is 20.5 Å². The molecule has 0 radical (unpaired) electrons. The van der Waals surface area contributed by atoms with Crippen molar-refractivity contribution < 1.29 is 175 Å². The zero-order valence-corrected chi connectivity index (χ0v) is 36.4. The summed E-state index contributed by atoms with van der Waals surface area (Å²) in [5.74, 6) is -1.36. The Morgan fingerprint density at radius 1 is 0.583 bits per heavy atom. The number of nitrogen functional groups attached to an aromatic ring is 1. The summed E-state index contributed by atoms with van der Waals surface area (Å²) in [6.07, 6.45) is 0. The third-order valence-electron chi connectivity index (χ3n) is 5.61. The number of rotatable bonds is 8. The summed E-state index contributed by atoms with van der Waals surface area (Å²) >= 11 is 0. The van der Waals surface area contributed by atoms with Crippen LogP contribution in [0.2, 0.25) is 0 Å². The van der Waals surface area contributed by atoms with E-state index in [2.05, 4.69) is 20.5 Å². The van der Waals surface area contributed by atoms with E-state index in [9.17, 15) is 57.0 Å². The van der Waals surface area contributed by atoms with Crippen molar-refractivity contribution in [3.8, 4) is 5.75 Å². The number of nitrogens with two attached hydrogens (primary N) is 1. The molecule has 26 heteroatoms. The van der Waals surface area contributed by atoms with E-state index in [-0.39, 0.29) is 130 Å². The first-order valence-corrected chi connectivity index (χ1v) is 16.8. The van der Waals surface area contributed by atoms with E-state index in [1.165, 1.54) is 0 Å². The minimum atomic E-state index is -5.47. The first-order chi connectivity index (χ1) is 20.2. The molecule has 0 saturated carbocycles. The molecule has 0 bridgehead atoms. The van der Waals surface area contributed by atoms with Gasteiger partial charge in [0.05, 0.1) is 37.4 Å². The summed E-state index contributed by atoms with van der Waals surface area (Å²) in [6.45, 7) is 0. The topological polar surface area (TPSA) is 324 Å². The molecule has 3 N–H and O–H groups in total. The fourth-order valence-electron chi connectivity index (χ4n) is 3.68. The van der Waals surface area contributed by atoms with E-state index < -0.39 is 93.6 Å². The quantitative estimate of drug-likeness (QED) is 0.0727. The molecule has 0 heterocycles. The monoisotopic (exact) mass is 775 g/mol. The molecule has 0 aromatic heterocycles. The minimum Gasteiger partial charge on any atom is -0.870 e. The third-order valence-corrected chi connectivity index (χ3v) is 9.00. The van der Waals surface area contributed by atoms with Gasteiger partial charge in [-0.3, -0.25) is 4.55 Å². The van der Waals surface area contributed by atoms with E-state index >= 15 is 0 Å². The molecule has 0 atom stereocenters. The standard InChI is InChI=1S/C22H17N5O13S4.4Na/c23-19-18-11(8-16(43(35,36)37)20(19)26-25-13-2-1-3-15(10-13)42(32,33)34)9-17(44(38,39)40)21(22(18)28)27-24-12-4-6-14(7-5-12)41(29,30)31;;;;/h1-10,28H,23H2,(H,29,30,31)(H,32,33,34)(H,35,36,37)(H,38,39,40);;;;/q;4*+1/p-4. The van der Waals surface area contributed by atoms with Gasteiger partial charge in [-0.25, -0.2) is 25.3 Å². The molecular formula is C22H13N5Na4O13S4. The van der Waals surface area contributed by atoms with Crippen LogP contribution in [0.15, 0.2) is 101 Å². The number of hydrogen-bond donors (Lipinski definition) is 2. The largest absolute Gasteiger partial charge is 1.00 e. The maximum absolute atomic E-state index is 13.4. The van der Waals surface area contributed by atoms with Gasteiger partial charge in [0, 0.05) is 5.39 Å². The predicted octanol–water partition coefficient (Wildman–Crippen LogP) is -9.70. The van der Waals surface area contributed by atoms with Crippen molar-refractivity contribution in [2.75, 3.05) is 5.73 Å². The Morgan fingerprint density at radius 3 is 1.58 bits per heavy atom. The second kappa shape index (κ2) is 17.9. The van der Waals surface area contributed by atoms with Crippen LogP contribution < -0.4 is 129 Å². The molecule has 232 valence electrons. The smallest absolute Gasteiger partial charge is 0.870 e. The molecule has 4 rings (SSSR count). The number of hydrogen-bond acceptors (Lipinski definition) is 17. The molecule has 4 aromatic rings. The van der Waals surface area contributed by atoms with Crippen LogP contribution in [0.25, 0.3) is 10.8 Å². The van der Waals surface area contributed by atoms with E-state index in [1.807, 2.05) is 0 Å². The van der Waals surface area contributed by atoms with Crippen molar-refractivity contribution in [1.82, 2.24) is 0 Å². The van der Waals surface area contributed by atoms with Crippen LogP contribution in [-0.4, -0.2) is 51.9 Å². The molecule has 0 amide bonds. The molecule has 0 spiro atoms. The second-order valence-corrected chi connectivity index (χ2v) is 14.0. The molecule has 0 aliphatic rings. The van der Waals surface area contributed by atoms with Crippen molar-refractivity contribution in [2.45, 2.75) is 19.6 Å². The van der Waals surface area contributed by atoms with Crippen molar-refractivity contribution in [3.63, 3.8) is 0 Å². The van der Waals surface area contributed by atoms with Gasteiger partial charge in [-0.05, 0) is 60.0 Å². The van der Waals surface area contributed by atoms with Gasteiger partial charge in [0.2, 0.25) is 0 Å². The van der Waals surface area contributed by atoms with E-state index in [0.29, 0.717) is 12.1 Å². The maximum Gasteiger partial charge on any atom is 1.00 e. The van der Waals surface area contributed by atoms with Crippen LogP contribution in [0.4, 0.5) is 28.4 Å². The molecule has 0 saturated heterocycles. The zero-order valence-electron chi connectivity index (χ0n) is 25.1. The first kappa shape index (κ1) is 47.6. The van der Waals surface area contributed by atoms with E-state index in [0.717, 1.165) is 48.5 Å². The second-order valence-electron chi connectivity index (χ2n) is 8.52. The fraction of sp³-hybridized carbons (Fsp3) is 0. The van der Waals surface area contributed by atoms with Crippen LogP contribution in [-0.2, 0) is 40.5 Å². The summed E-state index contributed by atoms with van der Waals surface area (Å²) in [4.78, 5) is -3.74. The molecule has 4 aromatic carbocycles. The summed E-state index contributed by atoms with van der Waals surface area (Å²) < 4.78 is 137. The average molecular weight is 776 g/mol. The van der Waals surface area contributed by atoms with Gasteiger partial charge >= 0.3 is 118 Å². The van der Waals surface area contributed by atoms with Crippen LogP contribution in [0.3, 0.4) is 0 Å². The Morgan fingerprint density at radius 2 is 1.08 bits per heavy atom. The number of anilines is 1. The van der Waals surface area contributed by atoms with Crippen LogP contribution in [0, 0.1) is 0 Å². The molecule has 18 nitrogen and oxygen atoms in total. The third kappa shape index (κ3) is 11.3. The Labute approximate surface area is 361 Å².